The van der Waals surface area contributed by atoms with Gasteiger partial charge in [0.25, 0.3) is 0 Å². The molecule has 0 aliphatic rings. The number of nitrogen functional groups attached to an aromatic ring is 1. The van der Waals surface area contributed by atoms with E-state index >= 15 is 0 Å². The summed E-state index contributed by atoms with van der Waals surface area (Å²) >= 11 is 0. The summed E-state index contributed by atoms with van der Waals surface area (Å²) in [6, 6.07) is 13.4. The lowest BCUT2D eigenvalue weighted by molar-refractivity contribution is 0.581. The lowest BCUT2D eigenvalue weighted by Crippen LogP contribution is -2.23. The lowest BCUT2D eigenvalue weighted by atomic mass is 10.1. The molecule has 0 saturated carbocycles. The van der Waals surface area contributed by atoms with Crippen molar-refractivity contribution in [2.24, 2.45) is 0 Å². The zero-order chi connectivity index (χ0) is 15.5. The first-order valence-electron chi connectivity index (χ1n) is 6.27. The van der Waals surface area contributed by atoms with Crippen LogP contribution in [0.15, 0.2) is 47.4 Å². The van der Waals surface area contributed by atoms with Gasteiger partial charge in [0.15, 0.2) is 0 Å². The van der Waals surface area contributed by atoms with Gasteiger partial charge in [-0.2, -0.15) is 5.26 Å². The Morgan fingerprint density at radius 1 is 1.19 bits per heavy atom. The van der Waals surface area contributed by atoms with Gasteiger partial charge in [-0.3, -0.25) is 0 Å². The van der Waals surface area contributed by atoms with Crippen LogP contribution in [-0.4, -0.2) is 8.42 Å². The molecule has 0 unspecified atom stereocenters. The molecule has 0 aromatic heterocycles. The fraction of sp³-hybridized carbons (Fsp3) is 0.133. The van der Waals surface area contributed by atoms with Crippen molar-refractivity contribution in [1.82, 2.24) is 4.72 Å². The first kappa shape index (κ1) is 15.0. The van der Waals surface area contributed by atoms with Gasteiger partial charge in [0.1, 0.15) is 0 Å². The molecule has 5 nitrogen and oxygen atoms in total. The van der Waals surface area contributed by atoms with E-state index < -0.39 is 10.0 Å². The first-order valence-corrected chi connectivity index (χ1v) is 7.75. The summed E-state index contributed by atoms with van der Waals surface area (Å²) in [4.78, 5) is 0.148. The Balaban J connectivity index is 2.17. The first-order chi connectivity index (χ1) is 9.92. The van der Waals surface area contributed by atoms with Gasteiger partial charge in [-0.25, -0.2) is 13.1 Å². The number of aryl methyl sites for hydroxylation is 1. The topological polar surface area (TPSA) is 96.0 Å². The van der Waals surface area contributed by atoms with Crippen molar-refractivity contribution in [3.8, 4) is 6.07 Å². The van der Waals surface area contributed by atoms with E-state index in [2.05, 4.69) is 4.72 Å². The minimum atomic E-state index is -3.61. The molecule has 0 atom stereocenters. The van der Waals surface area contributed by atoms with Crippen LogP contribution in [0.25, 0.3) is 0 Å². The molecular formula is C15H15N3O2S. The van der Waals surface area contributed by atoms with Crippen LogP contribution in [-0.2, 0) is 16.6 Å². The van der Waals surface area contributed by atoms with Crippen LogP contribution in [0.1, 0.15) is 16.7 Å². The maximum Gasteiger partial charge on any atom is 0.240 e. The number of sulfonamides is 1. The molecule has 6 heteroatoms. The average molecular weight is 301 g/mol. The Labute approximate surface area is 124 Å². The highest BCUT2D eigenvalue weighted by atomic mass is 32.2. The summed E-state index contributed by atoms with van der Waals surface area (Å²) in [5.41, 5.74) is 8.12. The molecule has 2 rings (SSSR count). The number of nitriles is 1. The molecule has 0 fully saturated rings. The van der Waals surface area contributed by atoms with E-state index in [1.165, 1.54) is 18.2 Å². The number of nitrogens with one attached hydrogen (secondary N) is 1. The highest BCUT2D eigenvalue weighted by molar-refractivity contribution is 7.89. The number of nitrogens with two attached hydrogens (primary N) is 1. The zero-order valence-corrected chi connectivity index (χ0v) is 12.3. The smallest absolute Gasteiger partial charge is 0.240 e. The minimum Gasteiger partial charge on any atom is -0.399 e. The third kappa shape index (κ3) is 3.60. The largest absolute Gasteiger partial charge is 0.399 e. The molecular weight excluding hydrogens is 286 g/mol. The van der Waals surface area contributed by atoms with Gasteiger partial charge in [0, 0.05) is 12.2 Å². The highest BCUT2D eigenvalue weighted by Gasteiger charge is 2.14. The SMILES string of the molecule is Cc1cc(S(=O)(=O)NCc2ccc(N)cc2)ccc1C#N. The van der Waals surface area contributed by atoms with E-state index in [-0.39, 0.29) is 11.4 Å². The Bertz CT molecular complexity index is 791. The quantitative estimate of drug-likeness (QED) is 0.843. The van der Waals surface area contributed by atoms with Gasteiger partial charge < -0.3 is 5.73 Å². The van der Waals surface area contributed by atoms with Crippen LogP contribution < -0.4 is 10.5 Å². The number of anilines is 1. The van der Waals surface area contributed by atoms with E-state index in [0.29, 0.717) is 16.8 Å². The normalized spacial score (nSPS) is 11.0. The molecule has 0 radical (unpaired) electrons. The van der Waals surface area contributed by atoms with E-state index in [1.54, 1.807) is 31.2 Å². The number of rotatable bonds is 4. The summed E-state index contributed by atoms with van der Waals surface area (Å²) in [6.07, 6.45) is 0. The highest BCUT2D eigenvalue weighted by Crippen LogP contribution is 2.15. The number of hydrogen-bond donors (Lipinski definition) is 2. The third-order valence-corrected chi connectivity index (χ3v) is 4.47. The van der Waals surface area contributed by atoms with Crippen LogP contribution in [0, 0.1) is 18.3 Å². The van der Waals surface area contributed by atoms with E-state index in [1.807, 2.05) is 6.07 Å². The molecule has 108 valence electrons. The fourth-order valence-electron chi connectivity index (χ4n) is 1.83. The van der Waals surface area contributed by atoms with Crippen molar-refractivity contribution in [3.63, 3.8) is 0 Å². The molecule has 0 heterocycles. The van der Waals surface area contributed by atoms with Crippen molar-refractivity contribution in [1.29, 1.82) is 5.26 Å². The molecule has 0 saturated heterocycles. The molecule has 0 spiro atoms. The lowest BCUT2D eigenvalue weighted by Gasteiger charge is -2.08. The zero-order valence-electron chi connectivity index (χ0n) is 11.5. The van der Waals surface area contributed by atoms with E-state index in [4.69, 9.17) is 11.0 Å². The Morgan fingerprint density at radius 3 is 2.43 bits per heavy atom. The van der Waals surface area contributed by atoms with Gasteiger partial charge in [-0.05, 0) is 48.4 Å². The van der Waals surface area contributed by atoms with Crippen molar-refractivity contribution in [3.05, 3.63) is 59.2 Å². The standard InChI is InChI=1S/C15H15N3O2S/c1-11-8-15(7-4-13(11)9-16)21(19,20)18-10-12-2-5-14(17)6-3-12/h2-8,18H,10,17H2,1H3. The van der Waals surface area contributed by atoms with E-state index in [9.17, 15) is 8.42 Å². The third-order valence-electron chi connectivity index (χ3n) is 3.07. The summed E-state index contributed by atoms with van der Waals surface area (Å²) in [7, 11) is -3.61. The van der Waals surface area contributed by atoms with Crippen molar-refractivity contribution in [2.75, 3.05) is 5.73 Å². The van der Waals surface area contributed by atoms with Gasteiger partial charge >= 0.3 is 0 Å². The summed E-state index contributed by atoms with van der Waals surface area (Å²) in [6.45, 7) is 1.89. The van der Waals surface area contributed by atoms with Crippen molar-refractivity contribution >= 4 is 15.7 Å². The van der Waals surface area contributed by atoms with Crippen LogP contribution >= 0.6 is 0 Å². The summed E-state index contributed by atoms with van der Waals surface area (Å²) in [5, 5.41) is 8.86. The van der Waals surface area contributed by atoms with E-state index in [0.717, 1.165) is 5.56 Å². The van der Waals surface area contributed by atoms with Crippen LogP contribution in [0.2, 0.25) is 0 Å². The number of benzene rings is 2. The molecule has 0 amide bonds. The Hall–Kier alpha value is -2.36. The van der Waals surface area contributed by atoms with Crippen molar-refractivity contribution < 1.29 is 8.42 Å². The monoisotopic (exact) mass is 301 g/mol. The number of hydrogen-bond acceptors (Lipinski definition) is 4. The molecule has 21 heavy (non-hydrogen) atoms. The molecule has 0 aliphatic carbocycles. The van der Waals surface area contributed by atoms with Gasteiger partial charge in [-0.1, -0.05) is 12.1 Å². The predicted molar refractivity (Wildman–Crippen MR) is 80.8 cm³/mol. The molecule has 0 bridgehead atoms. The van der Waals surface area contributed by atoms with Crippen LogP contribution in [0.5, 0.6) is 0 Å². The predicted octanol–water partition coefficient (Wildman–Crippen LogP) is 1.93. The van der Waals surface area contributed by atoms with Gasteiger partial charge in [0.2, 0.25) is 10.0 Å². The Kier molecular flexibility index (Phi) is 4.26. The van der Waals surface area contributed by atoms with Crippen LogP contribution in [0.4, 0.5) is 5.69 Å². The van der Waals surface area contributed by atoms with Gasteiger partial charge in [0.05, 0.1) is 16.5 Å². The molecule has 2 aromatic rings. The maximum absolute atomic E-state index is 12.2. The van der Waals surface area contributed by atoms with Gasteiger partial charge in [-0.15, -0.1) is 0 Å². The Morgan fingerprint density at radius 2 is 1.86 bits per heavy atom. The fourth-order valence-corrected chi connectivity index (χ4v) is 2.93. The molecule has 2 aromatic carbocycles. The van der Waals surface area contributed by atoms with Crippen molar-refractivity contribution in [2.45, 2.75) is 18.4 Å². The summed E-state index contributed by atoms with van der Waals surface area (Å²) in [5.74, 6) is 0. The second-order valence-electron chi connectivity index (χ2n) is 4.65. The average Bonchev–Trinajstić information content (AvgIpc) is 2.46. The second kappa shape index (κ2) is 5.95. The second-order valence-corrected chi connectivity index (χ2v) is 6.42. The maximum atomic E-state index is 12.2. The summed E-state index contributed by atoms with van der Waals surface area (Å²) < 4.78 is 26.9. The molecule has 3 N–H and O–H groups in total. The molecule has 0 aliphatic heterocycles. The van der Waals surface area contributed by atoms with Crippen LogP contribution in [0.3, 0.4) is 0 Å². The minimum absolute atomic E-state index is 0.148. The number of nitrogens with zero attached hydrogens (tertiary/aromatic N) is 1.